The Bertz CT molecular complexity index is 1700. The molecule has 2 aromatic heterocycles. The number of hydrogen-bond acceptors (Lipinski definition) is 5. The molecule has 38 heavy (non-hydrogen) atoms. The molecule has 2 aromatic carbocycles. The fourth-order valence-electron chi connectivity index (χ4n) is 5.40. The molecule has 0 amide bonds. The molecular formula is C27H34N4O6S. The van der Waals surface area contributed by atoms with Gasteiger partial charge in [-0.25, -0.2) is 13.2 Å². The third kappa shape index (κ3) is 5.40. The third-order valence-electron chi connectivity index (χ3n) is 6.86. The van der Waals surface area contributed by atoms with Crippen LogP contribution in [0.15, 0.2) is 41.3 Å². The maximum absolute atomic E-state index is 13.9. The van der Waals surface area contributed by atoms with Gasteiger partial charge in [0, 0.05) is 30.2 Å². The molecule has 0 aliphatic heterocycles. The molecule has 3 N–H and O–H groups in total. The Morgan fingerprint density at radius 2 is 1.82 bits per heavy atom. The standard InChI is InChI=1S/C27H34N4O6S/c1-6-7-20(13-24(32)33)31-22-12-18(26(34)28-38(5,36)37)8-9-21(22)30(27(31)35)15-19-14-29(4)23-11-16(2)10-17(3)25(19)23/h8-12,14,20,26,28,34H,6-7,13,15H2,1-5H3,(H,32,33)/t20-,26?/m0/s1. The minimum absolute atomic E-state index is 0.242. The summed E-state index contributed by atoms with van der Waals surface area (Å²) in [6.07, 6.45) is 2.31. The second-order valence-corrected chi connectivity index (χ2v) is 11.8. The summed E-state index contributed by atoms with van der Waals surface area (Å²) >= 11 is 0. The monoisotopic (exact) mass is 542 g/mol. The highest BCUT2D eigenvalue weighted by Crippen LogP contribution is 2.29. The lowest BCUT2D eigenvalue weighted by Gasteiger charge is -2.17. The minimum Gasteiger partial charge on any atom is -0.481 e. The summed E-state index contributed by atoms with van der Waals surface area (Å²) in [5.74, 6) is -1.02. The predicted molar refractivity (Wildman–Crippen MR) is 147 cm³/mol. The highest BCUT2D eigenvalue weighted by Gasteiger charge is 2.25. The van der Waals surface area contributed by atoms with Gasteiger partial charge < -0.3 is 14.8 Å². The van der Waals surface area contributed by atoms with Crippen LogP contribution in [0.25, 0.3) is 21.9 Å². The first-order valence-corrected chi connectivity index (χ1v) is 14.4. The Balaban J connectivity index is 1.94. The van der Waals surface area contributed by atoms with Gasteiger partial charge >= 0.3 is 11.7 Å². The van der Waals surface area contributed by atoms with Crippen molar-refractivity contribution >= 4 is 37.9 Å². The van der Waals surface area contributed by atoms with Crippen molar-refractivity contribution in [2.45, 2.75) is 58.8 Å². The number of aliphatic carboxylic acids is 1. The van der Waals surface area contributed by atoms with E-state index in [0.717, 1.165) is 33.8 Å². The van der Waals surface area contributed by atoms with E-state index >= 15 is 0 Å². The number of nitrogens with zero attached hydrogens (tertiary/aromatic N) is 3. The lowest BCUT2D eigenvalue weighted by molar-refractivity contribution is -0.137. The van der Waals surface area contributed by atoms with Gasteiger partial charge in [-0.15, -0.1) is 0 Å². The first kappa shape index (κ1) is 27.6. The summed E-state index contributed by atoms with van der Waals surface area (Å²) < 4.78 is 30.6. The Hall–Kier alpha value is -3.41. The number of sulfonamides is 1. The summed E-state index contributed by atoms with van der Waals surface area (Å²) in [4.78, 5) is 25.6. The van der Waals surface area contributed by atoms with Crippen molar-refractivity contribution in [2.75, 3.05) is 6.26 Å². The first-order chi connectivity index (χ1) is 17.8. The van der Waals surface area contributed by atoms with Crippen molar-refractivity contribution in [1.29, 1.82) is 0 Å². The lowest BCUT2D eigenvalue weighted by atomic mass is 10.0. The number of benzene rings is 2. The molecule has 10 nitrogen and oxygen atoms in total. The molecule has 0 radical (unpaired) electrons. The van der Waals surface area contributed by atoms with Crippen LogP contribution in [0.3, 0.4) is 0 Å². The quantitative estimate of drug-likeness (QED) is 0.263. The molecule has 0 bridgehead atoms. The predicted octanol–water partition coefficient (Wildman–Crippen LogP) is 3.32. The summed E-state index contributed by atoms with van der Waals surface area (Å²) in [7, 11) is -1.74. The zero-order valence-corrected chi connectivity index (χ0v) is 23.0. The minimum atomic E-state index is -3.70. The second-order valence-electron chi connectivity index (χ2n) is 10.1. The molecule has 1 unspecified atom stereocenters. The molecule has 0 saturated heterocycles. The molecule has 0 aliphatic carbocycles. The first-order valence-electron chi connectivity index (χ1n) is 12.5. The van der Waals surface area contributed by atoms with Gasteiger partial charge in [0.1, 0.15) is 6.23 Å². The number of hydrogen-bond donors (Lipinski definition) is 3. The topological polar surface area (TPSA) is 136 Å². The number of rotatable bonds is 10. The Kier molecular flexibility index (Phi) is 7.55. The van der Waals surface area contributed by atoms with Crippen molar-refractivity contribution < 1.29 is 23.4 Å². The lowest BCUT2D eigenvalue weighted by Crippen LogP contribution is -2.29. The van der Waals surface area contributed by atoms with Crippen molar-refractivity contribution in [3.05, 3.63) is 69.3 Å². The van der Waals surface area contributed by atoms with E-state index in [2.05, 4.69) is 16.9 Å². The molecule has 0 aliphatic rings. The van der Waals surface area contributed by atoms with Gasteiger partial charge in [-0.1, -0.05) is 25.5 Å². The van der Waals surface area contributed by atoms with Crippen LogP contribution in [-0.4, -0.2) is 44.6 Å². The molecule has 4 rings (SSSR count). The highest BCUT2D eigenvalue weighted by molar-refractivity contribution is 7.88. The average molecular weight is 543 g/mol. The Morgan fingerprint density at radius 1 is 1.11 bits per heavy atom. The normalized spacial score (nSPS) is 13.8. The van der Waals surface area contributed by atoms with Gasteiger partial charge in [0.05, 0.1) is 30.3 Å². The third-order valence-corrected chi connectivity index (χ3v) is 7.52. The summed E-state index contributed by atoms with van der Waals surface area (Å²) in [6, 6.07) is 8.38. The summed E-state index contributed by atoms with van der Waals surface area (Å²) in [6.45, 7) is 6.26. The van der Waals surface area contributed by atoms with Gasteiger partial charge in [0.15, 0.2) is 0 Å². The van der Waals surface area contributed by atoms with Crippen LogP contribution in [0.1, 0.15) is 60.7 Å². The fraction of sp³-hybridized carbons (Fsp3) is 0.407. The van der Waals surface area contributed by atoms with Crippen LogP contribution in [0, 0.1) is 13.8 Å². The van der Waals surface area contributed by atoms with Gasteiger partial charge in [-0.05, 0) is 60.7 Å². The van der Waals surface area contributed by atoms with Crippen LogP contribution >= 0.6 is 0 Å². The number of aryl methyl sites for hydroxylation is 3. The second kappa shape index (κ2) is 10.4. The van der Waals surface area contributed by atoms with Crippen molar-refractivity contribution in [1.82, 2.24) is 18.4 Å². The molecule has 0 saturated carbocycles. The molecular weight excluding hydrogens is 508 g/mol. The number of aromatic nitrogens is 3. The van der Waals surface area contributed by atoms with Crippen molar-refractivity contribution in [3.63, 3.8) is 0 Å². The number of carboxylic acids is 1. The van der Waals surface area contributed by atoms with Gasteiger partial charge in [-0.3, -0.25) is 13.9 Å². The maximum Gasteiger partial charge on any atom is 0.329 e. The zero-order chi connectivity index (χ0) is 27.9. The van der Waals surface area contributed by atoms with Gasteiger partial charge in [0.2, 0.25) is 10.0 Å². The molecule has 2 heterocycles. The van der Waals surface area contributed by atoms with Crippen molar-refractivity contribution in [3.8, 4) is 0 Å². The summed E-state index contributed by atoms with van der Waals surface area (Å²) in [5.41, 5.74) is 5.14. The van der Waals surface area contributed by atoms with Gasteiger partial charge in [-0.2, -0.15) is 4.72 Å². The van der Waals surface area contributed by atoms with E-state index in [1.54, 1.807) is 22.8 Å². The number of carbonyl (C=O) groups is 1. The summed E-state index contributed by atoms with van der Waals surface area (Å²) in [5, 5.41) is 21.1. The molecule has 204 valence electrons. The molecule has 11 heteroatoms. The van der Waals surface area contributed by atoms with E-state index in [1.165, 1.54) is 4.57 Å². The fourth-order valence-corrected chi connectivity index (χ4v) is 5.94. The molecule has 4 aromatic rings. The zero-order valence-electron chi connectivity index (χ0n) is 22.2. The van der Waals surface area contributed by atoms with E-state index in [4.69, 9.17) is 0 Å². The highest BCUT2D eigenvalue weighted by atomic mass is 32.2. The number of imidazole rings is 1. The van der Waals surface area contributed by atoms with Crippen molar-refractivity contribution in [2.24, 2.45) is 7.05 Å². The SMILES string of the molecule is CCC[C@@H](CC(=O)O)n1c(=O)n(Cc2cn(C)c3cc(C)cc(C)c23)c2ccc(C(O)NS(C)(=O)=O)cc21. The van der Waals surface area contributed by atoms with Crippen LogP contribution in [0.4, 0.5) is 0 Å². The maximum atomic E-state index is 13.9. The average Bonchev–Trinajstić information content (AvgIpc) is 3.25. The van der Waals surface area contributed by atoms with Crippen LogP contribution in [0.5, 0.6) is 0 Å². The molecule has 0 fully saturated rings. The number of fused-ring (bicyclic) bond motifs is 2. The van der Waals surface area contributed by atoms with E-state index in [-0.39, 0.29) is 24.2 Å². The van der Waals surface area contributed by atoms with E-state index < -0.39 is 28.3 Å². The largest absolute Gasteiger partial charge is 0.481 e. The van der Waals surface area contributed by atoms with E-state index in [9.17, 15) is 28.2 Å². The number of aliphatic hydroxyl groups excluding tert-OH is 1. The van der Waals surface area contributed by atoms with E-state index in [1.807, 2.05) is 38.6 Å². The smallest absolute Gasteiger partial charge is 0.329 e. The van der Waals surface area contributed by atoms with Crippen LogP contribution in [0.2, 0.25) is 0 Å². The molecule has 2 atom stereocenters. The van der Waals surface area contributed by atoms with Crippen LogP contribution in [-0.2, 0) is 28.4 Å². The Morgan fingerprint density at radius 3 is 2.45 bits per heavy atom. The molecule has 0 spiro atoms. The number of carboxylic acid groups (broad SMARTS) is 1. The Labute approximate surface area is 221 Å². The van der Waals surface area contributed by atoms with Gasteiger partial charge in [0.25, 0.3) is 0 Å². The van der Waals surface area contributed by atoms with E-state index in [0.29, 0.717) is 23.9 Å². The number of nitrogens with one attached hydrogen (secondary N) is 1. The number of aliphatic hydroxyl groups is 1. The van der Waals surface area contributed by atoms with Crippen LogP contribution < -0.4 is 10.4 Å².